The van der Waals surface area contributed by atoms with Gasteiger partial charge in [-0.25, -0.2) is 4.98 Å². The fraction of sp³-hybridized carbons (Fsp3) is 0.214. The van der Waals surface area contributed by atoms with Crippen LogP contribution in [0.2, 0.25) is 0 Å². The van der Waals surface area contributed by atoms with Crippen LogP contribution in [0.4, 0.5) is 5.69 Å². The molecule has 1 amide bonds. The number of amides is 1. The van der Waals surface area contributed by atoms with Crippen molar-refractivity contribution in [3.8, 4) is 0 Å². The molecule has 1 aromatic carbocycles. The van der Waals surface area contributed by atoms with Crippen molar-refractivity contribution in [3.63, 3.8) is 0 Å². The Balaban J connectivity index is 2.04. The number of carbonyl (C=O) groups excluding carboxylic acids is 1. The van der Waals surface area contributed by atoms with E-state index >= 15 is 0 Å². The minimum absolute atomic E-state index is 0.0748. The number of nitrogens with one attached hydrogen (secondary N) is 1. The minimum atomic E-state index is -0.834. The maximum atomic E-state index is 12.0. The van der Waals surface area contributed by atoms with Crippen LogP contribution >= 0.6 is 11.3 Å². The standard InChI is InChI=1S/C14H14N2O3S/c1-9-15-8-12(20-9)14(19)16-11-4-2-3-10(7-11)5-6-13(17)18/h2-4,7-8H,5-6H2,1H3,(H,16,19)(H,17,18). The number of hydrogen-bond acceptors (Lipinski definition) is 4. The Hall–Kier alpha value is -2.21. The normalized spacial score (nSPS) is 10.2. The van der Waals surface area contributed by atoms with E-state index in [4.69, 9.17) is 5.11 Å². The van der Waals surface area contributed by atoms with Crippen LogP contribution in [0.3, 0.4) is 0 Å². The zero-order valence-corrected chi connectivity index (χ0v) is 11.7. The number of hydrogen-bond donors (Lipinski definition) is 2. The van der Waals surface area contributed by atoms with E-state index in [1.807, 2.05) is 13.0 Å². The second kappa shape index (κ2) is 6.29. The molecule has 0 saturated heterocycles. The molecule has 0 bridgehead atoms. The number of carboxylic acids is 1. The van der Waals surface area contributed by atoms with Crippen molar-refractivity contribution in [1.29, 1.82) is 0 Å². The number of aromatic nitrogens is 1. The Morgan fingerprint density at radius 1 is 1.40 bits per heavy atom. The third kappa shape index (κ3) is 3.89. The number of rotatable bonds is 5. The molecule has 0 atom stereocenters. The first-order chi connectivity index (χ1) is 9.54. The average molecular weight is 290 g/mol. The van der Waals surface area contributed by atoms with Gasteiger partial charge < -0.3 is 10.4 Å². The molecule has 0 aliphatic heterocycles. The van der Waals surface area contributed by atoms with Crippen LogP contribution in [0.25, 0.3) is 0 Å². The van der Waals surface area contributed by atoms with Crippen LogP contribution < -0.4 is 5.32 Å². The Morgan fingerprint density at radius 2 is 2.20 bits per heavy atom. The highest BCUT2D eigenvalue weighted by molar-refractivity contribution is 7.13. The predicted octanol–water partition coefficient (Wildman–Crippen LogP) is 2.72. The highest BCUT2D eigenvalue weighted by Gasteiger charge is 2.09. The van der Waals surface area contributed by atoms with E-state index in [1.165, 1.54) is 11.3 Å². The summed E-state index contributed by atoms with van der Waals surface area (Å²) in [6.07, 6.45) is 2.06. The summed E-state index contributed by atoms with van der Waals surface area (Å²) in [6.45, 7) is 1.84. The Labute approximate surface area is 120 Å². The van der Waals surface area contributed by atoms with E-state index < -0.39 is 5.97 Å². The van der Waals surface area contributed by atoms with Gasteiger partial charge in [-0.15, -0.1) is 11.3 Å². The van der Waals surface area contributed by atoms with Gasteiger partial charge in [0.2, 0.25) is 0 Å². The molecule has 0 aliphatic rings. The van der Waals surface area contributed by atoms with E-state index in [-0.39, 0.29) is 12.3 Å². The molecule has 6 heteroatoms. The Morgan fingerprint density at radius 3 is 2.85 bits per heavy atom. The van der Waals surface area contributed by atoms with Crippen LogP contribution in [-0.4, -0.2) is 22.0 Å². The molecule has 104 valence electrons. The van der Waals surface area contributed by atoms with Crippen LogP contribution in [0.1, 0.15) is 26.7 Å². The maximum absolute atomic E-state index is 12.0. The summed E-state index contributed by atoms with van der Waals surface area (Å²) in [5.41, 5.74) is 1.54. The summed E-state index contributed by atoms with van der Waals surface area (Å²) in [5, 5.41) is 12.3. The van der Waals surface area contributed by atoms with E-state index in [0.29, 0.717) is 17.0 Å². The lowest BCUT2D eigenvalue weighted by Gasteiger charge is -2.05. The van der Waals surface area contributed by atoms with Crippen LogP contribution in [0, 0.1) is 6.92 Å². The van der Waals surface area contributed by atoms with Gasteiger partial charge in [0.25, 0.3) is 5.91 Å². The molecule has 0 saturated carbocycles. The summed E-state index contributed by atoms with van der Waals surface area (Å²) >= 11 is 1.33. The van der Waals surface area contributed by atoms with Crippen LogP contribution in [-0.2, 0) is 11.2 Å². The van der Waals surface area contributed by atoms with E-state index in [2.05, 4.69) is 10.3 Å². The maximum Gasteiger partial charge on any atom is 0.303 e. The monoisotopic (exact) mass is 290 g/mol. The third-order valence-electron chi connectivity index (χ3n) is 2.66. The molecule has 1 aromatic heterocycles. The number of aliphatic carboxylic acids is 1. The molecule has 0 radical (unpaired) electrons. The Bertz CT molecular complexity index is 637. The van der Waals surface area contributed by atoms with Gasteiger partial charge in [-0.05, 0) is 31.0 Å². The molecule has 0 unspecified atom stereocenters. The zero-order valence-electron chi connectivity index (χ0n) is 10.9. The van der Waals surface area contributed by atoms with Crippen molar-refractivity contribution < 1.29 is 14.7 Å². The van der Waals surface area contributed by atoms with E-state index in [1.54, 1.807) is 24.4 Å². The highest BCUT2D eigenvalue weighted by Crippen LogP contribution is 2.16. The number of benzene rings is 1. The van der Waals surface area contributed by atoms with Gasteiger partial charge in [-0.2, -0.15) is 0 Å². The zero-order chi connectivity index (χ0) is 14.5. The molecule has 2 rings (SSSR count). The molecular formula is C14H14N2O3S. The summed E-state index contributed by atoms with van der Waals surface area (Å²) in [4.78, 5) is 27.1. The molecule has 5 nitrogen and oxygen atoms in total. The summed E-state index contributed by atoms with van der Waals surface area (Å²) in [5.74, 6) is -1.04. The smallest absolute Gasteiger partial charge is 0.303 e. The highest BCUT2D eigenvalue weighted by atomic mass is 32.1. The van der Waals surface area contributed by atoms with Gasteiger partial charge in [0.05, 0.1) is 11.2 Å². The molecule has 2 N–H and O–H groups in total. The van der Waals surface area contributed by atoms with Crippen LogP contribution in [0.5, 0.6) is 0 Å². The molecule has 1 heterocycles. The van der Waals surface area contributed by atoms with Gasteiger partial charge in [0.15, 0.2) is 0 Å². The van der Waals surface area contributed by atoms with Crippen molar-refractivity contribution in [2.45, 2.75) is 19.8 Å². The first kappa shape index (κ1) is 14.2. The molecule has 2 aromatic rings. The number of aryl methyl sites for hydroxylation is 2. The van der Waals surface area contributed by atoms with Gasteiger partial charge in [0, 0.05) is 12.1 Å². The van der Waals surface area contributed by atoms with E-state index in [0.717, 1.165) is 10.6 Å². The number of thiazole rings is 1. The summed E-state index contributed by atoms with van der Waals surface area (Å²) in [7, 11) is 0. The van der Waals surface area contributed by atoms with Gasteiger partial charge in [0.1, 0.15) is 4.88 Å². The summed E-state index contributed by atoms with van der Waals surface area (Å²) in [6, 6.07) is 7.20. The lowest BCUT2D eigenvalue weighted by Crippen LogP contribution is -2.10. The third-order valence-corrected chi connectivity index (χ3v) is 3.57. The number of carboxylic acid groups (broad SMARTS) is 1. The van der Waals surface area contributed by atoms with Gasteiger partial charge in [-0.3, -0.25) is 9.59 Å². The molecule has 20 heavy (non-hydrogen) atoms. The number of carbonyl (C=O) groups is 2. The average Bonchev–Trinajstić information content (AvgIpc) is 2.84. The Kier molecular flexibility index (Phi) is 4.47. The summed E-state index contributed by atoms with van der Waals surface area (Å²) < 4.78 is 0. The first-order valence-electron chi connectivity index (χ1n) is 6.09. The minimum Gasteiger partial charge on any atom is -0.481 e. The van der Waals surface area contributed by atoms with Gasteiger partial charge in [-0.1, -0.05) is 12.1 Å². The topological polar surface area (TPSA) is 79.3 Å². The van der Waals surface area contributed by atoms with Crippen molar-refractivity contribution in [2.75, 3.05) is 5.32 Å². The van der Waals surface area contributed by atoms with E-state index in [9.17, 15) is 9.59 Å². The fourth-order valence-electron chi connectivity index (χ4n) is 1.71. The van der Waals surface area contributed by atoms with Crippen molar-refractivity contribution in [1.82, 2.24) is 4.98 Å². The number of nitrogens with zero attached hydrogens (tertiary/aromatic N) is 1. The van der Waals surface area contributed by atoms with Crippen molar-refractivity contribution >= 4 is 28.9 Å². The largest absolute Gasteiger partial charge is 0.481 e. The first-order valence-corrected chi connectivity index (χ1v) is 6.91. The second-order valence-electron chi connectivity index (χ2n) is 4.29. The van der Waals surface area contributed by atoms with Crippen molar-refractivity contribution in [3.05, 3.63) is 45.9 Å². The van der Waals surface area contributed by atoms with Crippen molar-refractivity contribution in [2.24, 2.45) is 0 Å². The lowest BCUT2D eigenvalue weighted by molar-refractivity contribution is -0.136. The molecular weight excluding hydrogens is 276 g/mol. The SMILES string of the molecule is Cc1ncc(C(=O)Nc2cccc(CCC(=O)O)c2)s1. The number of anilines is 1. The second-order valence-corrected chi connectivity index (χ2v) is 5.53. The fourth-order valence-corrected chi connectivity index (χ4v) is 2.39. The molecule has 0 spiro atoms. The molecule has 0 aliphatic carbocycles. The quantitative estimate of drug-likeness (QED) is 0.887. The predicted molar refractivity (Wildman–Crippen MR) is 77.2 cm³/mol. The molecule has 0 fully saturated rings. The van der Waals surface area contributed by atoms with Crippen LogP contribution in [0.15, 0.2) is 30.5 Å². The lowest BCUT2D eigenvalue weighted by atomic mass is 10.1. The van der Waals surface area contributed by atoms with Gasteiger partial charge >= 0.3 is 5.97 Å².